The van der Waals surface area contributed by atoms with Crippen LogP contribution in [0.3, 0.4) is 0 Å². The van der Waals surface area contributed by atoms with Gasteiger partial charge in [0.1, 0.15) is 36.8 Å². The van der Waals surface area contributed by atoms with Gasteiger partial charge in [0.25, 0.3) is 0 Å². The minimum Gasteiger partial charge on any atom is -0.492 e. The highest BCUT2D eigenvalue weighted by atomic mass is 16.5. The highest BCUT2D eigenvalue weighted by Gasteiger charge is 2.31. The lowest BCUT2D eigenvalue weighted by Gasteiger charge is -2.29. The van der Waals surface area contributed by atoms with Gasteiger partial charge in [-0.2, -0.15) is 0 Å². The molecule has 56 heavy (non-hydrogen) atoms. The number of benzene rings is 2. The van der Waals surface area contributed by atoms with E-state index in [1.807, 2.05) is 13.8 Å². The molecule has 0 aromatic heterocycles. The summed E-state index contributed by atoms with van der Waals surface area (Å²) >= 11 is 0. The van der Waals surface area contributed by atoms with Gasteiger partial charge in [-0.05, 0) is 41.8 Å². The summed E-state index contributed by atoms with van der Waals surface area (Å²) in [6.07, 6.45) is 13.0. The van der Waals surface area contributed by atoms with E-state index in [1.165, 1.54) is 56.9 Å². The number of nitrogens with zero attached hydrogens (tertiary/aromatic N) is 1. The maximum atomic E-state index is 13.8. The number of unbranched alkanes of at least 4 members (excludes halogenated alkanes) is 10. The van der Waals surface area contributed by atoms with Crippen molar-refractivity contribution in [3.8, 4) is 22.6 Å². The minimum atomic E-state index is -1.30. The van der Waals surface area contributed by atoms with Crippen molar-refractivity contribution in [3.05, 3.63) is 47.5 Å². The number of carbonyl (C=O) groups is 5. The van der Waals surface area contributed by atoms with E-state index in [-0.39, 0.29) is 45.2 Å². The molecule has 2 atom stereocenters. The lowest BCUT2D eigenvalue weighted by molar-refractivity contribution is -0.142. The predicted molar refractivity (Wildman–Crippen MR) is 218 cm³/mol. The van der Waals surface area contributed by atoms with Crippen LogP contribution < -0.4 is 36.9 Å². The molecule has 2 aromatic rings. The van der Waals surface area contributed by atoms with Crippen molar-refractivity contribution in [3.63, 3.8) is 0 Å². The summed E-state index contributed by atoms with van der Waals surface area (Å²) in [6.45, 7) is 6.18. The summed E-state index contributed by atoms with van der Waals surface area (Å²) in [6, 6.07) is 7.59. The lowest BCUT2D eigenvalue weighted by Crippen LogP contribution is -2.49. The van der Waals surface area contributed by atoms with Crippen LogP contribution in [0.15, 0.2) is 36.4 Å². The zero-order valence-electron chi connectivity index (χ0n) is 34.0. The molecule has 0 spiro atoms. The van der Waals surface area contributed by atoms with Crippen molar-refractivity contribution in [2.24, 2.45) is 11.5 Å². The number of carboxylic acids is 1. The van der Waals surface area contributed by atoms with Crippen LogP contribution in [-0.4, -0.2) is 92.1 Å². The van der Waals surface area contributed by atoms with Crippen molar-refractivity contribution in [1.29, 1.82) is 0 Å². The fourth-order valence-corrected chi connectivity index (χ4v) is 6.41. The van der Waals surface area contributed by atoms with Gasteiger partial charge in [0.15, 0.2) is 0 Å². The summed E-state index contributed by atoms with van der Waals surface area (Å²) in [5.74, 6) is -2.60. The molecular weight excluding hydrogens is 716 g/mol. The van der Waals surface area contributed by atoms with Gasteiger partial charge < -0.3 is 46.9 Å². The topological polar surface area (TPSA) is 215 Å². The van der Waals surface area contributed by atoms with Gasteiger partial charge >= 0.3 is 5.97 Å². The number of carbonyl (C=O) groups excluding carboxylic acids is 4. The first-order valence-corrected chi connectivity index (χ1v) is 20.3. The van der Waals surface area contributed by atoms with Crippen LogP contribution in [0.1, 0.15) is 115 Å². The van der Waals surface area contributed by atoms with E-state index in [0.29, 0.717) is 40.2 Å². The third kappa shape index (κ3) is 16.2. The van der Waals surface area contributed by atoms with Crippen LogP contribution in [0.2, 0.25) is 0 Å². The third-order valence-electron chi connectivity index (χ3n) is 9.37. The molecule has 0 radical (unpaired) electrons. The SMILES string of the molecule is CC.CCCCCCCCCCCCCC(=O)NCC(=O)N(C)C1C(=O)NCC(=O)NC(C(=O)O)Cc2ccc(OCCN)c(c2)-c2cc1ccc2OCCN. The third-order valence-corrected chi connectivity index (χ3v) is 9.37. The summed E-state index contributed by atoms with van der Waals surface area (Å²) in [5, 5.41) is 17.6. The number of likely N-dealkylation sites (N-methyl/N-ethyl adjacent to an activating group) is 1. The molecule has 1 heterocycles. The van der Waals surface area contributed by atoms with Crippen molar-refractivity contribution >= 4 is 29.6 Å². The Balaban J connectivity index is 0.00000532. The number of aliphatic carboxylic acids is 1. The monoisotopic (exact) mass is 782 g/mol. The van der Waals surface area contributed by atoms with E-state index < -0.39 is 42.3 Å². The number of carboxylic acid groups (broad SMARTS) is 1. The zero-order chi connectivity index (χ0) is 41.3. The Labute approximate surface area is 332 Å². The largest absolute Gasteiger partial charge is 0.492 e. The summed E-state index contributed by atoms with van der Waals surface area (Å²) in [4.78, 5) is 66.3. The van der Waals surface area contributed by atoms with Crippen LogP contribution >= 0.6 is 0 Å². The van der Waals surface area contributed by atoms with Crippen LogP contribution in [0.5, 0.6) is 11.5 Å². The molecule has 1 aliphatic heterocycles. The number of ether oxygens (including phenoxy) is 2. The number of fused-ring (bicyclic) bond motifs is 5. The average molecular weight is 783 g/mol. The van der Waals surface area contributed by atoms with E-state index in [9.17, 15) is 29.1 Å². The Morgan fingerprint density at radius 2 is 1.39 bits per heavy atom. The molecule has 0 saturated carbocycles. The van der Waals surface area contributed by atoms with E-state index >= 15 is 0 Å². The average Bonchev–Trinajstić information content (AvgIpc) is 3.20. The van der Waals surface area contributed by atoms with Gasteiger partial charge in [0.2, 0.25) is 23.6 Å². The van der Waals surface area contributed by atoms with Crippen LogP contribution in [0.4, 0.5) is 0 Å². The molecular formula is C42H66N6O8. The molecule has 2 unspecified atom stereocenters. The first-order valence-electron chi connectivity index (χ1n) is 20.3. The molecule has 0 saturated heterocycles. The van der Waals surface area contributed by atoms with E-state index in [2.05, 4.69) is 22.9 Å². The maximum absolute atomic E-state index is 13.8. The van der Waals surface area contributed by atoms with Crippen LogP contribution in [0, 0.1) is 0 Å². The quantitative estimate of drug-likeness (QED) is 0.0912. The van der Waals surface area contributed by atoms with Gasteiger partial charge in [-0.25, -0.2) is 4.79 Å². The molecule has 0 fully saturated rings. The number of nitrogens with two attached hydrogens (primary N) is 2. The van der Waals surface area contributed by atoms with E-state index in [1.54, 1.807) is 36.4 Å². The van der Waals surface area contributed by atoms with Gasteiger partial charge in [0.05, 0.1) is 13.1 Å². The molecule has 8 N–H and O–H groups in total. The van der Waals surface area contributed by atoms with Gasteiger partial charge in [0, 0.05) is 44.1 Å². The van der Waals surface area contributed by atoms with Gasteiger partial charge in [-0.1, -0.05) is 97.1 Å². The number of amides is 4. The second kappa shape index (κ2) is 27.0. The van der Waals surface area contributed by atoms with Gasteiger partial charge in [-0.3, -0.25) is 19.2 Å². The lowest BCUT2D eigenvalue weighted by atomic mass is 9.94. The highest BCUT2D eigenvalue weighted by molar-refractivity contribution is 5.94. The number of rotatable bonds is 22. The number of hydrogen-bond acceptors (Lipinski definition) is 9. The Bertz CT molecular complexity index is 1540. The fourth-order valence-electron chi connectivity index (χ4n) is 6.41. The Kier molecular flexibility index (Phi) is 22.9. The van der Waals surface area contributed by atoms with E-state index in [0.717, 1.165) is 25.7 Å². The molecule has 3 rings (SSSR count). The molecule has 0 aliphatic carbocycles. The molecule has 1 aliphatic rings. The second-order valence-corrected chi connectivity index (χ2v) is 13.7. The maximum Gasteiger partial charge on any atom is 0.326 e. The highest BCUT2D eigenvalue weighted by Crippen LogP contribution is 2.40. The van der Waals surface area contributed by atoms with Crippen molar-refractivity contribution in [1.82, 2.24) is 20.9 Å². The summed E-state index contributed by atoms with van der Waals surface area (Å²) < 4.78 is 12.0. The van der Waals surface area contributed by atoms with Gasteiger partial charge in [-0.15, -0.1) is 0 Å². The van der Waals surface area contributed by atoms with Crippen molar-refractivity contribution in [2.75, 3.05) is 46.4 Å². The number of hydrogen-bond donors (Lipinski definition) is 6. The molecule has 14 heteroatoms. The molecule has 2 aromatic carbocycles. The fraction of sp³-hybridized carbons (Fsp3) is 0.595. The normalized spacial score (nSPS) is 15.2. The predicted octanol–water partition coefficient (Wildman–Crippen LogP) is 4.61. The van der Waals surface area contributed by atoms with Crippen molar-refractivity contribution < 1.29 is 38.6 Å². The molecule has 14 nitrogen and oxygen atoms in total. The Hall–Kier alpha value is -4.69. The Morgan fingerprint density at radius 1 is 0.839 bits per heavy atom. The first kappa shape index (κ1) is 47.5. The molecule has 312 valence electrons. The van der Waals surface area contributed by atoms with Crippen LogP contribution in [0.25, 0.3) is 11.1 Å². The minimum absolute atomic E-state index is 0.0529. The van der Waals surface area contributed by atoms with Crippen LogP contribution in [-0.2, 0) is 30.4 Å². The first-order chi connectivity index (χ1) is 27.1. The smallest absolute Gasteiger partial charge is 0.326 e. The Morgan fingerprint density at radius 3 is 1.96 bits per heavy atom. The molecule has 4 amide bonds. The zero-order valence-corrected chi connectivity index (χ0v) is 34.0. The molecule has 4 bridgehead atoms. The number of nitrogens with one attached hydrogen (secondary N) is 3. The summed E-state index contributed by atoms with van der Waals surface area (Å²) in [7, 11) is 1.45. The second-order valence-electron chi connectivity index (χ2n) is 13.7. The van der Waals surface area contributed by atoms with E-state index in [4.69, 9.17) is 20.9 Å². The standard InChI is InChI=1S/C40H60N6O8.C2H6/c1-3-4-5-6-7-8-9-10-11-12-13-14-35(47)43-27-37(49)46(2)38-29-16-18-34(54-22-20-42)31(25-29)30-23-28(15-17-33(30)53-21-19-41)24-32(40(51)52)45-36(48)26-44-39(38)50;1-2/h15-18,23,25,32,38H,3-14,19-22,24,26-27,41-42H2,1-2H3,(H,43,47)(H,44,50)(H,45,48)(H,51,52);1-2H3. The van der Waals surface area contributed by atoms with Crippen molar-refractivity contribution in [2.45, 2.75) is 116 Å². The summed E-state index contributed by atoms with van der Waals surface area (Å²) in [5.41, 5.74) is 13.5.